The molecule has 0 fully saturated rings. The molecule has 1 aromatic carbocycles. The van der Waals surface area contributed by atoms with Gasteiger partial charge in [0.15, 0.2) is 5.78 Å². The first-order valence-corrected chi connectivity index (χ1v) is 7.14. The number of benzene rings is 1. The van der Waals surface area contributed by atoms with Crippen molar-refractivity contribution in [2.45, 2.75) is 27.3 Å². The van der Waals surface area contributed by atoms with Crippen molar-refractivity contribution >= 4 is 5.78 Å². The summed E-state index contributed by atoms with van der Waals surface area (Å²) in [5, 5.41) is 4.15. The molecular formula is C17H23N3O. The first kappa shape index (κ1) is 15.4. The molecule has 0 atom stereocenters. The lowest BCUT2D eigenvalue weighted by Crippen LogP contribution is -2.26. The maximum atomic E-state index is 12.5. The van der Waals surface area contributed by atoms with Crippen LogP contribution in [0.15, 0.2) is 24.5 Å². The second-order valence-electron chi connectivity index (χ2n) is 5.87. The van der Waals surface area contributed by atoms with Crippen LogP contribution in [-0.2, 0) is 13.6 Å². The van der Waals surface area contributed by atoms with Crippen LogP contribution < -0.4 is 0 Å². The molecular weight excluding hydrogens is 262 g/mol. The molecule has 0 saturated carbocycles. The van der Waals surface area contributed by atoms with Crippen molar-refractivity contribution < 1.29 is 4.79 Å². The van der Waals surface area contributed by atoms with E-state index in [0.29, 0.717) is 6.54 Å². The van der Waals surface area contributed by atoms with Crippen LogP contribution >= 0.6 is 0 Å². The number of Topliss-reactive ketones (excluding diaryl/α,β-unsaturated/α-hetero) is 1. The van der Waals surface area contributed by atoms with Gasteiger partial charge in [-0.1, -0.05) is 6.07 Å². The molecule has 0 aliphatic rings. The van der Waals surface area contributed by atoms with Gasteiger partial charge in [-0.3, -0.25) is 14.4 Å². The number of aryl methyl sites for hydroxylation is 4. The van der Waals surface area contributed by atoms with E-state index in [2.05, 4.69) is 18.1 Å². The summed E-state index contributed by atoms with van der Waals surface area (Å²) in [5.41, 5.74) is 5.39. The summed E-state index contributed by atoms with van der Waals surface area (Å²) in [4.78, 5) is 14.5. The number of hydrogen-bond acceptors (Lipinski definition) is 3. The monoisotopic (exact) mass is 285 g/mol. The zero-order valence-corrected chi connectivity index (χ0v) is 13.5. The second-order valence-corrected chi connectivity index (χ2v) is 5.87. The second kappa shape index (κ2) is 6.22. The Hall–Kier alpha value is -1.94. The predicted molar refractivity (Wildman–Crippen MR) is 84.5 cm³/mol. The fraction of sp³-hybridized carbons (Fsp3) is 0.412. The van der Waals surface area contributed by atoms with E-state index >= 15 is 0 Å². The van der Waals surface area contributed by atoms with Crippen molar-refractivity contribution in [1.29, 1.82) is 0 Å². The molecule has 1 aromatic heterocycles. The van der Waals surface area contributed by atoms with Crippen LogP contribution in [-0.4, -0.2) is 34.1 Å². The molecule has 1 heterocycles. The van der Waals surface area contributed by atoms with Gasteiger partial charge in [-0.25, -0.2) is 0 Å². The molecule has 0 radical (unpaired) electrons. The lowest BCUT2D eigenvalue weighted by molar-refractivity contribution is 0.0942. The minimum atomic E-state index is 0.169. The van der Waals surface area contributed by atoms with Crippen LogP contribution in [0.3, 0.4) is 0 Å². The molecule has 0 aliphatic carbocycles. The summed E-state index contributed by atoms with van der Waals surface area (Å²) in [6, 6.07) is 4.09. The summed E-state index contributed by atoms with van der Waals surface area (Å²) in [5.74, 6) is 0.169. The van der Waals surface area contributed by atoms with Gasteiger partial charge < -0.3 is 0 Å². The van der Waals surface area contributed by atoms with Gasteiger partial charge in [0.2, 0.25) is 0 Å². The summed E-state index contributed by atoms with van der Waals surface area (Å²) < 4.78 is 1.78. The lowest BCUT2D eigenvalue weighted by atomic mass is 9.98. The molecule has 2 rings (SSSR count). The van der Waals surface area contributed by atoms with E-state index in [0.717, 1.165) is 23.2 Å². The summed E-state index contributed by atoms with van der Waals surface area (Å²) in [6.45, 7) is 7.26. The Bertz CT molecular complexity index is 658. The normalized spacial score (nSPS) is 11.1. The van der Waals surface area contributed by atoms with E-state index in [4.69, 9.17) is 0 Å². The van der Waals surface area contributed by atoms with Crippen molar-refractivity contribution in [2.75, 3.05) is 13.6 Å². The summed E-state index contributed by atoms with van der Waals surface area (Å²) >= 11 is 0. The fourth-order valence-corrected chi connectivity index (χ4v) is 2.51. The maximum Gasteiger partial charge on any atom is 0.177 e. The highest BCUT2D eigenvalue weighted by Crippen LogP contribution is 2.16. The zero-order valence-electron chi connectivity index (χ0n) is 13.5. The highest BCUT2D eigenvalue weighted by atomic mass is 16.1. The van der Waals surface area contributed by atoms with Gasteiger partial charge >= 0.3 is 0 Å². The van der Waals surface area contributed by atoms with Crippen molar-refractivity contribution in [3.8, 4) is 0 Å². The topological polar surface area (TPSA) is 38.1 Å². The fourth-order valence-electron chi connectivity index (χ4n) is 2.51. The van der Waals surface area contributed by atoms with Crippen LogP contribution in [0.2, 0.25) is 0 Å². The average molecular weight is 285 g/mol. The van der Waals surface area contributed by atoms with E-state index in [1.165, 1.54) is 11.1 Å². The predicted octanol–water partition coefficient (Wildman–Crippen LogP) is 2.66. The lowest BCUT2D eigenvalue weighted by Gasteiger charge is -2.16. The third-order valence-corrected chi connectivity index (χ3v) is 3.77. The van der Waals surface area contributed by atoms with Crippen molar-refractivity contribution in [2.24, 2.45) is 7.05 Å². The third kappa shape index (κ3) is 3.79. The van der Waals surface area contributed by atoms with Gasteiger partial charge in [-0.15, -0.1) is 0 Å². The number of nitrogens with zero attached hydrogens (tertiary/aromatic N) is 3. The highest BCUT2D eigenvalue weighted by Gasteiger charge is 2.13. The van der Waals surface area contributed by atoms with Crippen LogP contribution in [0, 0.1) is 20.8 Å². The molecule has 0 N–H and O–H groups in total. The Balaban J connectivity index is 2.05. The zero-order chi connectivity index (χ0) is 15.6. The van der Waals surface area contributed by atoms with Gasteiger partial charge in [-0.05, 0) is 50.6 Å². The van der Waals surface area contributed by atoms with Gasteiger partial charge in [0, 0.05) is 30.9 Å². The van der Waals surface area contributed by atoms with Gasteiger partial charge in [0.25, 0.3) is 0 Å². The van der Waals surface area contributed by atoms with Crippen LogP contribution in [0.5, 0.6) is 0 Å². The molecule has 4 nitrogen and oxygen atoms in total. The van der Waals surface area contributed by atoms with Crippen LogP contribution in [0.4, 0.5) is 0 Å². The quantitative estimate of drug-likeness (QED) is 0.793. The number of ketones is 1. The molecule has 4 heteroatoms. The third-order valence-electron chi connectivity index (χ3n) is 3.77. The first-order chi connectivity index (χ1) is 9.86. The summed E-state index contributed by atoms with van der Waals surface area (Å²) in [6.07, 6.45) is 3.81. The summed E-state index contributed by atoms with van der Waals surface area (Å²) in [7, 11) is 3.86. The number of aromatic nitrogens is 2. The van der Waals surface area contributed by atoms with E-state index < -0.39 is 0 Å². The minimum Gasteiger partial charge on any atom is -0.294 e. The molecule has 112 valence electrons. The SMILES string of the molecule is Cc1cc(C)c(C(=O)CN(C)Cc2cnn(C)c2)cc1C. The number of hydrogen-bond donors (Lipinski definition) is 0. The smallest absolute Gasteiger partial charge is 0.177 e. The van der Waals surface area contributed by atoms with E-state index in [9.17, 15) is 4.79 Å². The average Bonchev–Trinajstić information content (AvgIpc) is 2.78. The number of carbonyl (C=O) groups excluding carboxylic acids is 1. The molecule has 2 aromatic rings. The van der Waals surface area contributed by atoms with Gasteiger partial charge in [-0.2, -0.15) is 5.10 Å². The molecule has 0 amide bonds. The highest BCUT2D eigenvalue weighted by molar-refractivity contribution is 5.99. The standard InChI is InChI=1S/C17H23N3O/c1-12-6-14(3)16(7-13(12)2)17(21)11-19(4)9-15-8-18-20(5)10-15/h6-8,10H,9,11H2,1-5H3. The molecule has 0 aliphatic heterocycles. The largest absolute Gasteiger partial charge is 0.294 e. The number of rotatable bonds is 5. The molecule has 0 unspecified atom stereocenters. The maximum absolute atomic E-state index is 12.5. The van der Waals surface area contributed by atoms with Gasteiger partial charge in [0.1, 0.15) is 0 Å². The Morgan fingerprint density at radius 1 is 1.19 bits per heavy atom. The van der Waals surface area contributed by atoms with E-state index in [1.807, 2.05) is 51.3 Å². The number of likely N-dealkylation sites (N-methyl/N-ethyl adjacent to an activating group) is 1. The Morgan fingerprint density at radius 2 is 1.86 bits per heavy atom. The first-order valence-electron chi connectivity index (χ1n) is 7.14. The van der Waals surface area contributed by atoms with E-state index in [1.54, 1.807) is 4.68 Å². The molecule has 0 spiro atoms. The van der Waals surface area contributed by atoms with Gasteiger partial charge in [0.05, 0.1) is 12.7 Å². The Morgan fingerprint density at radius 3 is 2.48 bits per heavy atom. The molecule has 0 saturated heterocycles. The number of carbonyl (C=O) groups is 1. The molecule has 21 heavy (non-hydrogen) atoms. The molecule has 0 bridgehead atoms. The van der Waals surface area contributed by atoms with Crippen LogP contribution in [0.1, 0.15) is 32.6 Å². The van der Waals surface area contributed by atoms with Crippen molar-refractivity contribution in [3.63, 3.8) is 0 Å². The van der Waals surface area contributed by atoms with Crippen molar-refractivity contribution in [3.05, 3.63) is 52.3 Å². The minimum absolute atomic E-state index is 0.169. The Labute approximate surface area is 126 Å². The van der Waals surface area contributed by atoms with Crippen molar-refractivity contribution in [1.82, 2.24) is 14.7 Å². The Kier molecular flexibility index (Phi) is 4.58. The van der Waals surface area contributed by atoms with E-state index in [-0.39, 0.29) is 5.78 Å². The van der Waals surface area contributed by atoms with Crippen LogP contribution in [0.25, 0.3) is 0 Å².